The lowest BCUT2D eigenvalue weighted by molar-refractivity contribution is 0.147. The van der Waals surface area contributed by atoms with Crippen LogP contribution in [0.5, 0.6) is 0 Å². The van der Waals surface area contributed by atoms with Gasteiger partial charge in [-0.2, -0.15) is 0 Å². The van der Waals surface area contributed by atoms with Crippen LogP contribution in [-0.2, 0) is 0 Å². The molecular weight excluding hydrogens is 298 g/mol. The zero-order chi connectivity index (χ0) is 14.5. The van der Waals surface area contributed by atoms with Gasteiger partial charge in [0.1, 0.15) is 0 Å². The molecule has 108 valence electrons. The zero-order valence-corrected chi connectivity index (χ0v) is 12.5. The van der Waals surface area contributed by atoms with E-state index in [9.17, 15) is 4.79 Å². The van der Waals surface area contributed by atoms with E-state index >= 15 is 0 Å². The van der Waals surface area contributed by atoms with Crippen LogP contribution in [0.25, 0.3) is 0 Å². The molecule has 0 saturated carbocycles. The van der Waals surface area contributed by atoms with Crippen molar-refractivity contribution >= 4 is 40.7 Å². The number of halogens is 1. The maximum Gasteiger partial charge on any atom is 0.407 e. The normalized spacial score (nSPS) is 15.7. The predicted octanol–water partition coefficient (Wildman–Crippen LogP) is 2.72. The summed E-state index contributed by atoms with van der Waals surface area (Å²) >= 11 is 11.2. The van der Waals surface area contributed by atoms with Gasteiger partial charge in [0.2, 0.25) is 0 Å². The molecule has 1 saturated heterocycles. The van der Waals surface area contributed by atoms with Gasteiger partial charge in [-0.1, -0.05) is 11.6 Å². The highest BCUT2D eigenvalue weighted by Gasteiger charge is 2.19. The Labute approximate surface area is 128 Å². The van der Waals surface area contributed by atoms with Crippen LogP contribution in [0.15, 0.2) is 24.3 Å². The fraction of sp³-hybridized carbons (Fsp3) is 0.385. The van der Waals surface area contributed by atoms with Crippen molar-refractivity contribution in [1.82, 2.24) is 9.80 Å². The van der Waals surface area contributed by atoms with E-state index in [0.29, 0.717) is 29.8 Å². The van der Waals surface area contributed by atoms with Gasteiger partial charge in [-0.15, -0.1) is 0 Å². The lowest BCUT2D eigenvalue weighted by atomic mass is 10.3. The van der Waals surface area contributed by atoms with E-state index in [1.54, 1.807) is 12.1 Å². The number of hydrogen-bond acceptors (Lipinski definition) is 2. The van der Waals surface area contributed by atoms with Crippen LogP contribution in [0.2, 0.25) is 5.02 Å². The monoisotopic (exact) mass is 313 g/mol. The van der Waals surface area contributed by atoms with E-state index in [1.807, 2.05) is 17.0 Å². The van der Waals surface area contributed by atoms with E-state index < -0.39 is 6.09 Å². The number of nitrogens with zero attached hydrogens (tertiary/aromatic N) is 2. The Balaban J connectivity index is 1.92. The number of anilines is 1. The number of nitrogens with one attached hydrogen (secondary N) is 1. The smallest absolute Gasteiger partial charge is 0.407 e. The third kappa shape index (κ3) is 3.98. The third-order valence-electron chi connectivity index (χ3n) is 3.15. The van der Waals surface area contributed by atoms with Crippen LogP contribution >= 0.6 is 23.8 Å². The molecule has 20 heavy (non-hydrogen) atoms. The molecule has 0 atom stereocenters. The first-order chi connectivity index (χ1) is 9.56. The summed E-state index contributed by atoms with van der Waals surface area (Å²) in [5.74, 6) is 0. The second-order valence-electron chi connectivity index (χ2n) is 4.55. The first-order valence-corrected chi connectivity index (χ1v) is 7.14. The summed E-state index contributed by atoms with van der Waals surface area (Å²) < 4.78 is 0. The van der Waals surface area contributed by atoms with Crippen molar-refractivity contribution in [1.29, 1.82) is 0 Å². The first-order valence-electron chi connectivity index (χ1n) is 6.35. The molecule has 2 N–H and O–H groups in total. The van der Waals surface area contributed by atoms with Gasteiger partial charge in [0.25, 0.3) is 0 Å². The van der Waals surface area contributed by atoms with E-state index in [2.05, 4.69) is 5.32 Å². The molecule has 7 heteroatoms. The number of hydrogen-bond donors (Lipinski definition) is 2. The van der Waals surface area contributed by atoms with Crippen molar-refractivity contribution in [3.05, 3.63) is 29.3 Å². The second kappa shape index (κ2) is 6.76. The maximum atomic E-state index is 11.0. The summed E-state index contributed by atoms with van der Waals surface area (Å²) in [4.78, 5) is 14.4. The number of carbonyl (C=O) groups is 1. The van der Waals surface area contributed by atoms with Crippen LogP contribution in [0, 0.1) is 0 Å². The fourth-order valence-corrected chi connectivity index (χ4v) is 2.47. The van der Waals surface area contributed by atoms with Crippen molar-refractivity contribution < 1.29 is 9.90 Å². The summed E-state index contributed by atoms with van der Waals surface area (Å²) in [6, 6.07) is 7.30. The van der Waals surface area contributed by atoms with Crippen molar-refractivity contribution in [2.45, 2.75) is 6.42 Å². The van der Waals surface area contributed by atoms with E-state index in [-0.39, 0.29) is 0 Å². The minimum absolute atomic E-state index is 0.470. The van der Waals surface area contributed by atoms with Gasteiger partial charge < -0.3 is 20.2 Å². The first kappa shape index (κ1) is 14.9. The van der Waals surface area contributed by atoms with Crippen LogP contribution < -0.4 is 5.32 Å². The molecule has 1 aromatic rings. The van der Waals surface area contributed by atoms with Gasteiger partial charge in [0, 0.05) is 36.9 Å². The van der Waals surface area contributed by atoms with Crippen LogP contribution in [-0.4, -0.2) is 52.3 Å². The molecular formula is C13H16ClN3O2S. The Morgan fingerprint density at radius 3 is 2.40 bits per heavy atom. The molecule has 1 aliphatic heterocycles. The summed E-state index contributed by atoms with van der Waals surface area (Å²) in [6.45, 7) is 2.38. The van der Waals surface area contributed by atoms with Gasteiger partial charge in [-0.3, -0.25) is 0 Å². The molecule has 1 heterocycles. The highest BCUT2D eigenvalue weighted by atomic mass is 35.5. The standard InChI is InChI=1S/C13H16ClN3O2S/c14-10-2-4-11(5-3-10)15-12(20)16-6-1-7-17(9-8-16)13(18)19/h2-5H,1,6-9H2,(H,15,20)(H,18,19). The fourth-order valence-electron chi connectivity index (χ4n) is 2.05. The number of benzene rings is 1. The minimum atomic E-state index is -0.872. The average molecular weight is 314 g/mol. The lowest BCUT2D eigenvalue weighted by Crippen LogP contribution is -2.38. The topological polar surface area (TPSA) is 55.8 Å². The van der Waals surface area contributed by atoms with Crippen LogP contribution in [0.1, 0.15) is 6.42 Å². The predicted molar refractivity (Wildman–Crippen MR) is 83.5 cm³/mol. The SMILES string of the molecule is O=C(O)N1CCCN(C(=S)Nc2ccc(Cl)cc2)CC1. The Bertz CT molecular complexity index is 495. The molecule has 1 aromatic carbocycles. The molecule has 2 rings (SSSR count). The molecule has 0 bridgehead atoms. The number of amides is 1. The Morgan fingerprint density at radius 1 is 1.15 bits per heavy atom. The maximum absolute atomic E-state index is 11.0. The summed E-state index contributed by atoms with van der Waals surface area (Å²) in [5, 5.41) is 13.4. The minimum Gasteiger partial charge on any atom is -0.465 e. The molecule has 1 aliphatic rings. The highest BCUT2D eigenvalue weighted by Crippen LogP contribution is 2.14. The van der Waals surface area contributed by atoms with Gasteiger partial charge >= 0.3 is 6.09 Å². The molecule has 1 fully saturated rings. The quantitative estimate of drug-likeness (QED) is 0.781. The van der Waals surface area contributed by atoms with E-state index in [1.165, 1.54) is 4.90 Å². The van der Waals surface area contributed by atoms with Crippen molar-refractivity contribution in [3.63, 3.8) is 0 Å². The highest BCUT2D eigenvalue weighted by molar-refractivity contribution is 7.80. The lowest BCUT2D eigenvalue weighted by Gasteiger charge is -2.24. The zero-order valence-electron chi connectivity index (χ0n) is 10.9. The van der Waals surface area contributed by atoms with Gasteiger partial charge in [0.05, 0.1) is 0 Å². The molecule has 1 amide bonds. The van der Waals surface area contributed by atoms with Gasteiger partial charge in [0.15, 0.2) is 5.11 Å². The molecule has 0 radical (unpaired) electrons. The third-order valence-corrected chi connectivity index (χ3v) is 3.76. The van der Waals surface area contributed by atoms with E-state index in [0.717, 1.165) is 18.7 Å². The largest absolute Gasteiger partial charge is 0.465 e. The van der Waals surface area contributed by atoms with Gasteiger partial charge in [-0.25, -0.2) is 4.79 Å². The van der Waals surface area contributed by atoms with Gasteiger partial charge in [-0.05, 0) is 42.9 Å². The van der Waals surface area contributed by atoms with Crippen molar-refractivity contribution in [2.75, 3.05) is 31.5 Å². The molecule has 0 spiro atoms. The van der Waals surface area contributed by atoms with Crippen molar-refractivity contribution in [2.24, 2.45) is 0 Å². The molecule has 0 aromatic heterocycles. The summed E-state index contributed by atoms with van der Waals surface area (Å²) in [6.07, 6.45) is -0.0993. The van der Waals surface area contributed by atoms with Crippen molar-refractivity contribution in [3.8, 4) is 0 Å². The summed E-state index contributed by atoms with van der Waals surface area (Å²) in [7, 11) is 0. The summed E-state index contributed by atoms with van der Waals surface area (Å²) in [5.41, 5.74) is 0.874. The molecule has 0 unspecified atom stereocenters. The Kier molecular flexibility index (Phi) is 5.03. The van der Waals surface area contributed by atoms with Crippen LogP contribution in [0.4, 0.5) is 10.5 Å². The Morgan fingerprint density at radius 2 is 1.75 bits per heavy atom. The number of rotatable bonds is 1. The van der Waals surface area contributed by atoms with Crippen LogP contribution in [0.3, 0.4) is 0 Å². The Hall–Kier alpha value is -1.53. The average Bonchev–Trinajstić information content (AvgIpc) is 2.67. The number of thiocarbonyl (C=S) groups is 1. The van der Waals surface area contributed by atoms with E-state index in [4.69, 9.17) is 28.9 Å². The second-order valence-corrected chi connectivity index (χ2v) is 5.37. The number of carboxylic acid groups (broad SMARTS) is 1. The molecule has 0 aliphatic carbocycles. The molecule has 5 nitrogen and oxygen atoms in total.